The van der Waals surface area contributed by atoms with Gasteiger partial charge in [0, 0.05) is 17.1 Å². The quantitative estimate of drug-likeness (QED) is 0.745. The molecule has 0 atom stereocenters. The number of nitrogens with one attached hydrogen (secondary N) is 1. The number of aromatic nitrogens is 1. The van der Waals surface area contributed by atoms with E-state index in [0.717, 1.165) is 10.9 Å². The van der Waals surface area contributed by atoms with Gasteiger partial charge in [0.05, 0.1) is 5.56 Å². The Morgan fingerprint density at radius 3 is 2.16 bits per heavy atom. The Morgan fingerprint density at radius 1 is 1.11 bits per heavy atom. The van der Waals surface area contributed by atoms with Crippen molar-refractivity contribution in [1.82, 2.24) is 4.98 Å². The van der Waals surface area contributed by atoms with E-state index in [1.807, 2.05) is 6.07 Å². The molecule has 1 aromatic heterocycles. The van der Waals surface area contributed by atoms with Crippen LogP contribution in [0.2, 0.25) is 0 Å². The maximum absolute atomic E-state index is 10.6. The van der Waals surface area contributed by atoms with Crippen LogP contribution in [0.4, 0.5) is 13.2 Å². The second-order valence-corrected chi connectivity index (χ2v) is 3.39. The number of aliphatic carboxylic acids is 1. The molecule has 0 aliphatic rings. The zero-order valence-electron chi connectivity index (χ0n) is 9.23. The highest BCUT2D eigenvalue weighted by Crippen LogP contribution is 2.14. The molecule has 0 saturated heterocycles. The maximum Gasteiger partial charge on any atom is 0.490 e. The summed E-state index contributed by atoms with van der Waals surface area (Å²) in [4.78, 5) is 22.4. The van der Waals surface area contributed by atoms with Crippen LogP contribution < -0.4 is 0 Å². The van der Waals surface area contributed by atoms with E-state index in [1.54, 1.807) is 24.4 Å². The van der Waals surface area contributed by atoms with Crippen LogP contribution in [0.3, 0.4) is 0 Å². The van der Waals surface area contributed by atoms with Gasteiger partial charge in [0.25, 0.3) is 0 Å². The average molecular weight is 275 g/mol. The monoisotopic (exact) mass is 275 g/mol. The minimum Gasteiger partial charge on any atom is -0.478 e. The highest BCUT2D eigenvalue weighted by atomic mass is 19.4. The van der Waals surface area contributed by atoms with E-state index >= 15 is 0 Å². The average Bonchev–Trinajstić information content (AvgIpc) is 2.74. The van der Waals surface area contributed by atoms with E-state index in [2.05, 4.69) is 4.98 Å². The van der Waals surface area contributed by atoms with Gasteiger partial charge in [0.2, 0.25) is 0 Å². The van der Waals surface area contributed by atoms with Crippen molar-refractivity contribution in [3.8, 4) is 0 Å². The van der Waals surface area contributed by atoms with Crippen LogP contribution in [0.25, 0.3) is 10.9 Å². The smallest absolute Gasteiger partial charge is 0.478 e. The molecule has 1 heterocycles. The Bertz CT molecular complexity index is 603. The number of fused-ring (bicyclic) bond motifs is 1. The van der Waals surface area contributed by atoms with Gasteiger partial charge in [-0.1, -0.05) is 0 Å². The number of halogens is 3. The first-order valence-electron chi connectivity index (χ1n) is 4.82. The molecule has 0 bridgehead atoms. The number of alkyl halides is 3. The zero-order chi connectivity index (χ0) is 14.6. The number of aromatic carboxylic acids is 1. The number of hydrogen-bond acceptors (Lipinski definition) is 2. The largest absolute Gasteiger partial charge is 0.490 e. The topological polar surface area (TPSA) is 90.4 Å². The van der Waals surface area contributed by atoms with Crippen LogP contribution >= 0.6 is 0 Å². The van der Waals surface area contributed by atoms with Gasteiger partial charge in [-0.25, -0.2) is 9.59 Å². The minimum absolute atomic E-state index is 0.321. The van der Waals surface area contributed by atoms with E-state index < -0.39 is 18.1 Å². The number of H-pyrrole nitrogens is 1. The molecule has 0 unspecified atom stereocenters. The molecular weight excluding hydrogens is 267 g/mol. The first kappa shape index (κ1) is 14.6. The SMILES string of the molecule is O=C(O)C(F)(F)F.O=C(O)c1ccc2[nH]ccc2c1. The van der Waals surface area contributed by atoms with Crippen molar-refractivity contribution in [2.45, 2.75) is 6.18 Å². The molecule has 3 N–H and O–H groups in total. The predicted octanol–water partition coefficient (Wildman–Crippen LogP) is 2.50. The van der Waals surface area contributed by atoms with Gasteiger partial charge in [-0.15, -0.1) is 0 Å². The highest BCUT2D eigenvalue weighted by Gasteiger charge is 2.38. The molecule has 19 heavy (non-hydrogen) atoms. The van der Waals surface area contributed by atoms with Gasteiger partial charge < -0.3 is 15.2 Å². The molecule has 5 nitrogen and oxygen atoms in total. The Hall–Kier alpha value is -2.51. The molecule has 0 aliphatic heterocycles. The summed E-state index contributed by atoms with van der Waals surface area (Å²) >= 11 is 0. The summed E-state index contributed by atoms with van der Waals surface area (Å²) in [6.07, 6.45) is -3.30. The fraction of sp³-hybridized carbons (Fsp3) is 0.0909. The van der Waals surface area contributed by atoms with Crippen molar-refractivity contribution in [3.63, 3.8) is 0 Å². The summed E-state index contributed by atoms with van der Waals surface area (Å²) < 4.78 is 31.7. The third kappa shape index (κ3) is 4.02. The van der Waals surface area contributed by atoms with Gasteiger partial charge in [-0.05, 0) is 24.3 Å². The Balaban J connectivity index is 0.000000224. The first-order valence-corrected chi connectivity index (χ1v) is 4.82. The normalized spacial score (nSPS) is 10.7. The Kier molecular flexibility index (Phi) is 4.15. The molecule has 2 aromatic rings. The Labute approximate surface area is 104 Å². The number of aromatic amines is 1. The van der Waals surface area contributed by atoms with E-state index in [0.29, 0.717) is 5.56 Å². The summed E-state index contributed by atoms with van der Waals surface area (Å²) in [5.74, 6) is -3.65. The van der Waals surface area contributed by atoms with Crippen LogP contribution in [0, 0.1) is 0 Å². The molecule has 0 radical (unpaired) electrons. The molecule has 0 fully saturated rings. The van der Waals surface area contributed by atoms with Crippen LogP contribution in [0.5, 0.6) is 0 Å². The molecule has 0 spiro atoms. The number of carbonyl (C=O) groups is 2. The molecule has 0 amide bonds. The van der Waals surface area contributed by atoms with Crippen LogP contribution in [-0.4, -0.2) is 33.3 Å². The zero-order valence-corrected chi connectivity index (χ0v) is 9.23. The first-order chi connectivity index (χ1) is 8.71. The predicted molar refractivity (Wildman–Crippen MR) is 58.9 cm³/mol. The number of hydrogen-bond donors (Lipinski definition) is 3. The number of carboxylic acids is 2. The lowest BCUT2D eigenvalue weighted by molar-refractivity contribution is -0.192. The van der Waals surface area contributed by atoms with Crippen molar-refractivity contribution in [2.24, 2.45) is 0 Å². The third-order valence-corrected chi connectivity index (χ3v) is 2.04. The summed E-state index contributed by atoms with van der Waals surface area (Å²) in [5.41, 5.74) is 1.28. The second kappa shape index (κ2) is 5.42. The number of benzene rings is 1. The van der Waals surface area contributed by atoms with Crippen molar-refractivity contribution in [1.29, 1.82) is 0 Å². The van der Waals surface area contributed by atoms with Gasteiger partial charge in [0.1, 0.15) is 0 Å². The lowest BCUT2D eigenvalue weighted by Gasteiger charge is -1.93. The van der Waals surface area contributed by atoms with E-state index in [1.165, 1.54) is 0 Å². The molecule has 1 aromatic carbocycles. The van der Waals surface area contributed by atoms with Crippen LogP contribution in [0.1, 0.15) is 10.4 Å². The van der Waals surface area contributed by atoms with E-state index in [9.17, 15) is 18.0 Å². The van der Waals surface area contributed by atoms with Gasteiger partial charge in [-0.2, -0.15) is 13.2 Å². The molecular formula is C11H8F3NO4. The van der Waals surface area contributed by atoms with Crippen LogP contribution in [0.15, 0.2) is 30.5 Å². The Morgan fingerprint density at radius 2 is 1.68 bits per heavy atom. The van der Waals surface area contributed by atoms with E-state index in [4.69, 9.17) is 15.0 Å². The minimum atomic E-state index is -5.08. The van der Waals surface area contributed by atoms with Crippen LogP contribution in [-0.2, 0) is 4.79 Å². The summed E-state index contributed by atoms with van der Waals surface area (Å²) in [6, 6.07) is 6.84. The standard InChI is InChI=1S/C9H7NO2.C2HF3O2/c11-9(12)7-1-2-8-6(5-7)3-4-10-8;3-2(4,5)1(6)7/h1-5,10H,(H,11,12);(H,6,7). The van der Waals surface area contributed by atoms with Crippen molar-refractivity contribution in [3.05, 3.63) is 36.0 Å². The van der Waals surface area contributed by atoms with Crippen molar-refractivity contribution in [2.75, 3.05) is 0 Å². The summed E-state index contributed by atoms with van der Waals surface area (Å²) in [5, 5.41) is 16.7. The van der Waals surface area contributed by atoms with E-state index in [-0.39, 0.29) is 0 Å². The fourth-order valence-electron chi connectivity index (χ4n) is 1.19. The van der Waals surface area contributed by atoms with Crippen molar-refractivity contribution < 1.29 is 33.0 Å². The van der Waals surface area contributed by atoms with Crippen molar-refractivity contribution >= 4 is 22.8 Å². The highest BCUT2D eigenvalue weighted by molar-refractivity contribution is 5.93. The number of rotatable bonds is 1. The molecule has 2 rings (SSSR count). The molecule has 102 valence electrons. The van der Waals surface area contributed by atoms with Gasteiger partial charge in [-0.3, -0.25) is 0 Å². The second-order valence-electron chi connectivity index (χ2n) is 3.39. The molecule has 0 saturated carbocycles. The lowest BCUT2D eigenvalue weighted by atomic mass is 10.1. The molecule has 0 aliphatic carbocycles. The van der Waals surface area contributed by atoms with Gasteiger partial charge >= 0.3 is 18.1 Å². The van der Waals surface area contributed by atoms with Gasteiger partial charge in [0.15, 0.2) is 0 Å². The molecule has 8 heteroatoms. The third-order valence-electron chi connectivity index (χ3n) is 2.04. The number of carboxylic acid groups (broad SMARTS) is 2. The fourth-order valence-corrected chi connectivity index (χ4v) is 1.19. The maximum atomic E-state index is 10.6. The summed E-state index contributed by atoms with van der Waals surface area (Å²) in [6.45, 7) is 0. The lowest BCUT2D eigenvalue weighted by Crippen LogP contribution is -2.21. The summed E-state index contributed by atoms with van der Waals surface area (Å²) in [7, 11) is 0.